The van der Waals surface area contributed by atoms with Crippen LogP contribution in [0.5, 0.6) is 0 Å². The third kappa shape index (κ3) is 5.25. The topological polar surface area (TPSA) is 49.3 Å². The minimum absolute atomic E-state index is 0.0667. The van der Waals surface area contributed by atoms with Crippen molar-refractivity contribution in [1.29, 1.82) is 0 Å². The Balaban J connectivity index is 1.31. The van der Waals surface area contributed by atoms with Gasteiger partial charge in [0.2, 0.25) is 0 Å². The molecule has 1 aliphatic heterocycles. The molecule has 2 fully saturated rings. The molecule has 5 nitrogen and oxygen atoms in total. The first kappa shape index (κ1) is 21.0. The molecule has 5 heteroatoms. The lowest BCUT2D eigenvalue weighted by molar-refractivity contribution is 0.0592. The van der Waals surface area contributed by atoms with Gasteiger partial charge in [0, 0.05) is 31.5 Å². The maximum atomic E-state index is 13.2. The van der Waals surface area contributed by atoms with Crippen molar-refractivity contribution in [3.05, 3.63) is 59.7 Å². The first-order valence-corrected chi connectivity index (χ1v) is 11.5. The van der Waals surface area contributed by atoms with Gasteiger partial charge in [-0.2, -0.15) is 0 Å². The molecule has 0 spiro atoms. The predicted octanol–water partition coefficient (Wildman–Crippen LogP) is 4.12. The molecular formula is C25H34N4O. The molecule has 4 rings (SSSR count). The Labute approximate surface area is 180 Å². The van der Waals surface area contributed by atoms with Crippen molar-refractivity contribution < 1.29 is 4.79 Å². The van der Waals surface area contributed by atoms with Crippen LogP contribution < -0.4 is 0 Å². The van der Waals surface area contributed by atoms with Gasteiger partial charge < -0.3 is 9.80 Å². The number of hydrogen-bond acceptors (Lipinski definition) is 4. The van der Waals surface area contributed by atoms with Gasteiger partial charge in [-0.25, -0.2) is 4.98 Å². The monoisotopic (exact) mass is 406 g/mol. The molecule has 1 aromatic carbocycles. The van der Waals surface area contributed by atoms with E-state index in [0.29, 0.717) is 17.7 Å². The number of amides is 1. The third-order valence-corrected chi connectivity index (χ3v) is 6.93. The van der Waals surface area contributed by atoms with Crippen LogP contribution in [0.25, 0.3) is 0 Å². The van der Waals surface area contributed by atoms with Crippen molar-refractivity contribution in [1.82, 2.24) is 19.8 Å². The van der Waals surface area contributed by atoms with Crippen molar-refractivity contribution in [2.75, 3.05) is 26.2 Å². The molecule has 1 saturated heterocycles. The highest BCUT2D eigenvalue weighted by Gasteiger charge is 2.31. The summed E-state index contributed by atoms with van der Waals surface area (Å²) in [6, 6.07) is 9.08. The Morgan fingerprint density at radius 1 is 1.10 bits per heavy atom. The summed E-state index contributed by atoms with van der Waals surface area (Å²) in [6.45, 7) is 6.46. The lowest BCUT2D eigenvalue weighted by atomic mass is 9.94. The lowest BCUT2D eigenvalue weighted by Crippen LogP contribution is -2.45. The lowest BCUT2D eigenvalue weighted by Gasteiger charge is -2.37. The summed E-state index contributed by atoms with van der Waals surface area (Å²) in [6.07, 6.45) is 13.0. The van der Waals surface area contributed by atoms with E-state index >= 15 is 0 Å². The molecule has 30 heavy (non-hydrogen) atoms. The second kappa shape index (κ2) is 10.2. The maximum Gasteiger partial charge on any atom is 0.274 e. The van der Waals surface area contributed by atoms with Gasteiger partial charge in [-0.05, 0) is 69.2 Å². The summed E-state index contributed by atoms with van der Waals surface area (Å²) in [5, 5.41) is 0. The number of carbonyl (C=O) groups excluding carboxylic acids is 1. The highest BCUT2D eigenvalue weighted by molar-refractivity contribution is 5.92. The number of likely N-dealkylation sites (tertiary alicyclic amines) is 1. The Hall–Kier alpha value is -2.27. The Morgan fingerprint density at radius 2 is 1.87 bits per heavy atom. The van der Waals surface area contributed by atoms with E-state index in [1.165, 1.54) is 36.8 Å². The third-order valence-electron chi connectivity index (χ3n) is 6.93. The van der Waals surface area contributed by atoms with Gasteiger partial charge in [0.15, 0.2) is 0 Å². The van der Waals surface area contributed by atoms with Crippen LogP contribution in [-0.2, 0) is 6.42 Å². The van der Waals surface area contributed by atoms with Crippen LogP contribution >= 0.6 is 0 Å². The molecule has 2 heterocycles. The van der Waals surface area contributed by atoms with Gasteiger partial charge in [0.05, 0.1) is 6.20 Å². The van der Waals surface area contributed by atoms with Crippen LogP contribution in [0.2, 0.25) is 0 Å². The summed E-state index contributed by atoms with van der Waals surface area (Å²) in [5.41, 5.74) is 3.34. The Bertz CT molecular complexity index is 811. The summed E-state index contributed by atoms with van der Waals surface area (Å²) >= 11 is 0. The fourth-order valence-corrected chi connectivity index (χ4v) is 5.01. The zero-order chi connectivity index (χ0) is 20.8. The SMILES string of the molecule is Cc1ccccc1CCN1CCC(CN(C(=O)c2cnccn2)C2CCCC2)CC1. The fourth-order valence-electron chi connectivity index (χ4n) is 5.01. The van der Waals surface area contributed by atoms with Crippen LogP contribution in [0.4, 0.5) is 0 Å². The van der Waals surface area contributed by atoms with Gasteiger partial charge >= 0.3 is 0 Å². The summed E-state index contributed by atoms with van der Waals surface area (Å²) in [4.78, 5) is 26.3. The highest BCUT2D eigenvalue weighted by atomic mass is 16.2. The molecule has 1 saturated carbocycles. The Kier molecular flexibility index (Phi) is 7.11. The first-order valence-electron chi connectivity index (χ1n) is 11.5. The number of aryl methyl sites for hydroxylation is 1. The van der Waals surface area contributed by atoms with Crippen molar-refractivity contribution in [3.8, 4) is 0 Å². The quantitative estimate of drug-likeness (QED) is 0.694. The molecule has 0 radical (unpaired) electrons. The average molecular weight is 407 g/mol. The normalized spacial score (nSPS) is 18.6. The largest absolute Gasteiger partial charge is 0.334 e. The standard InChI is InChI=1S/C25H34N4O/c1-20-6-2-3-7-22(20)12-17-28-15-10-21(11-16-28)19-29(23-8-4-5-9-23)25(30)24-18-26-13-14-27-24/h2-3,6-7,13-14,18,21,23H,4-5,8-12,15-17,19H2,1H3. The zero-order valence-corrected chi connectivity index (χ0v) is 18.2. The molecule has 0 atom stereocenters. The van der Waals surface area contributed by atoms with Crippen molar-refractivity contribution in [2.45, 2.75) is 57.9 Å². The van der Waals surface area contributed by atoms with Gasteiger partial charge in [-0.3, -0.25) is 9.78 Å². The zero-order valence-electron chi connectivity index (χ0n) is 18.2. The molecule has 0 N–H and O–H groups in total. The molecular weight excluding hydrogens is 372 g/mol. The minimum Gasteiger partial charge on any atom is -0.334 e. The molecule has 2 aromatic rings. The number of nitrogens with zero attached hydrogens (tertiary/aromatic N) is 4. The van der Waals surface area contributed by atoms with E-state index in [1.807, 2.05) is 0 Å². The van der Waals surface area contributed by atoms with E-state index in [0.717, 1.165) is 45.4 Å². The number of aromatic nitrogens is 2. The summed E-state index contributed by atoms with van der Waals surface area (Å²) < 4.78 is 0. The number of rotatable bonds is 7. The number of carbonyl (C=O) groups is 1. The van der Waals surface area contributed by atoms with Crippen LogP contribution in [0.15, 0.2) is 42.9 Å². The molecule has 0 bridgehead atoms. The second-order valence-corrected chi connectivity index (χ2v) is 8.95. The smallest absolute Gasteiger partial charge is 0.274 e. The van der Waals surface area contributed by atoms with Gasteiger partial charge in [-0.15, -0.1) is 0 Å². The van der Waals surface area contributed by atoms with Crippen molar-refractivity contribution in [3.63, 3.8) is 0 Å². The maximum absolute atomic E-state index is 13.2. The number of piperidine rings is 1. The van der Waals surface area contributed by atoms with Crippen molar-refractivity contribution in [2.24, 2.45) is 5.92 Å². The highest BCUT2D eigenvalue weighted by Crippen LogP contribution is 2.28. The number of hydrogen-bond donors (Lipinski definition) is 0. The second-order valence-electron chi connectivity index (χ2n) is 8.95. The first-order chi connectivity index (χ1) is 14.7. The van der Waals surface area contributed by atoms with Crippen LogP contribution in [0, 0.1) is 12.8 Å². The summed E-state index contributed by atoms with van der Waals surface area (Å²) in [7, 11) is 0. The Morgan fingerprint density at radius 3 is 2.57 bits per heavy atom. The van der Waals surface area contributed by atoms with Gasteiger partial charge in [0.1, 0.15) is 5.69 Å². The van der Waals surface area contributed by atoms with Gasteiger partial charge in [-0.1, -0.05) is 37.1 Å². The van der Waals surface area contributed by atoms with Gasteiger partial charge in [0.25, 0.3) is 5.91 Å². The molecule has 0 unspecified atom stereocenters. The van der Waals surface area contributed by atoms with Crippen molar-refractivity contribution >= 4 is 5.91 Å². The van der Waals surface area contributed by atoms with Crippen LogP contribution in [-0.4, -0.2) is 57.9 Å². The molecule has 1 aliphatic carbocycles. The molecule has 160 valence electrons. The van der Waals surface area contributed by atoms with Crippen LogP contribution in [0.3, 0.4) is 0 Å². The minimum atomic E-state index is 0.0667. The molecule has 2 aliphatic rings. The molecule has 1 amide bonds. The van der Waals surface area contributed by atoms with E-state index in [1.54, 1.807) is 18.6 Å². The number of benzene rings is 1. The summed E-state index contributed by atoms with van der Waals surface area (Å²) in [5.74, 6) is 0.651. The van der Waals surface area contributed by atoms with E-state index in [9.17, 15) is 4.79 Å². The van der Waals surface area contributed by atoms with Crippen LogP contribution in [0.1, 0.15) is 60.1 Å². The van der Waals surface area contributed by atoms with E-state index in [4.69, 9.17) is 0 Å². The average Bonchev–Trinajstić information content (AvgIpc) is 3.32. The van der Waals surface area contributed by atoms with E-state index < -0.39 is 0 Å². The molecule has 1 aromatic heterocycles. The predicted molar refractivity (Wildman–Crippen MR) is 119 cm³/mol. The van der Waals surface area contributed by atoms with E-state index in [-0.39, 0.29) is 5.91 Å². The van der Waals surface area contributed by atoms with E-state index in [2.05, 4.69) is 51.0 Å². The fraction of sp³-hybridized carbons (Fsp3) is 0.560.